The molecule has 2 heterocycles. The van der Waals surface area contributed by atoms with E-state index in [0.717, 1.165) is 31.7 Å². The summed E-state index contributed by atoms with van der Waals surface area (Å²) in [5.41, 5.74) is 13.6. The molecule has 5 nitrogen and oxygen atoms in total. The topological polar surface area (TPSA) is 89.0 Å². The molecule has 19 heavy (non-hydrogen) atoms. The van der Waals surface area contributed by atoms with Crippen molar-refractivity contribution in [2.75, 3.05) is 31.9 Å². The molecule has 0 amide bonds. The largest absolute Gasteiger partial charge is 0.384 e. The molecule has 1 fully saturated rings. The van der Waals surface area contributed by atoms with Gasteiger partial charge in [-0.3, -0.25) is 0 Å². The molecule has 108 valence electrons. The fourth-order valence-electron chi connectivity index (χ4n) is 2.60. The number of halogens is 1. The van der Waals surface area contributed by atoms with Crippen LogP contribution in [0.3, 0.4) is 0 Å². The Morgan fingerprint density at radius 1 is 1.42 bits per heavy atom. The zero-order chi connectivity index (χ0) is 13.0. The van der Waals surface area contributed by atoms with E-state index in [1.54, 1.807) is 0 Å². The number of nitrogens with two attached hydrogens (primary N) is 2. The van der Waals surface area contributed by atoms with Crippen LogP contribution in [0, 0.1) is 12.8 Å². The summed E-state index contributed by atoms with van der Waals surface area (Å²) < 4.78 is 0. The molecule has 2 rings (SSSR count). The minimum absolute atomic E-state index is 0. The van der Waals surface area contributed by atoms with E-state index in [0.29, 0.717) is 24.3 Å². The van der Waals surface area contributed by atoms with Gasteiger partial charge in [0.05, 0.1) is 0 Å². The van der Waals surface area contributed by atoms with Gasteiger partial charge in [-0.25, -0.2) is 4.98 Å². The van der Waals surface area contributed by atoms with E-state index in [4.69, 9.17) is 11.5 Å². The molecule has 1 saturated heterocycles. The van der Waals surface area contributed by atoms with Crippen LogP contribution in [0.15, 0.2) is 12.1 Å². The Balaban J connectivity index is 0.00000180. The highest BCUT2D eigenvalue weighted by Gasteiger charge is 2.26. The van der Waals surface area contributed by atoms with Gasteiger partial charge in [0.15, 0.2) is 0 Å². The summed E-state index contributed by atoms with van der Waals surface area (Å²) in [6.07, 6.45) is 0.959. The number of hydrogen-bond acceptors (Lipinski definition) is 5. The van der Waals surface area contributed by atoms with Crippen molar-refractivity contribution in [2.45, 2.75) is 19.4 Å². The molecular weight excluding hydrogens is 262 g/mol. The van der Waals surface area contributed by atoms with Crippen LogP contribution in [0.5, 0.6) is 0 Å². The fraction of sp³-hybridized carbons (Fsp3) is 0.615. The monoisotopic (exact) mass is 285 g/mol. The molecule has 1 aliphatic heterocycles. The van der Waals surface area contributed by atoms with Crippen LogP contribution < -0.4 is 22.1 Å². The summed E-state index contributed by atoms with van der Waals surface area (Å²) in [7, 11) is 0. The van der Waals surface area contributed by atoms with Gasteiger partial charge in [-0.15, -0.1) is 12.4 Å². The zero-order valence-electron chi connectivity index (χ0n) is 11.4. The molecular formula is C13H24ClN5. The summed E-state index contributed by atoms with van der Waals surface area (Å²) in [6, 6.07) is 4.51. The highest BCUT2D eigenvalue weighted by Crippen LogP contribution is 2.16. The Hall–Kier alpha value is -0.880. The van der Waals surface area contributed by atoms with Crippen LogP contribution in [0.25, 0.3) is 0 Å². The maximum absolute atomic E-state index is 5.79. The summed E-state index contributed by atoms with van der Waals surface area (Å²) in [4.78, 5) is 4.41. The van der Waals surface area contributed by atoms with Crippen molar-refractivity contribution in [2.24, 2.45) is 11.7 Å². The number of aromatic nitrogens is 1. The quantitative estimate of drug-likeness (QED) is 0.615. The summed E-state index contributed by atoms with van der Waals surface area (Å²) in [5.74, 6) is 1.17. The molecule has 1 aromatic rings. The molecule has 0 aromatic carbocycles. The molecule has 2 atom stereocenters. The number of nitrogens with one attached hydrogen (secondary N) is 2. The number of rotatable bonds is 5. The minimum Gasteiger partial charge on any atom is -0.384 e. The molecule has 0 aliphatic carbocycles. The number of aryl methyl sites for hydroxylation is 1. The van der Waals surface area contributed by atoms with E-state index in [9.17, 15) is 0 Å². The number of nitrogens with zero attached hydrogens (tertiary/aromatic N) is 1. The van der Waals surface area contributed by atoms with E-state index < -0.39 is 0 Å². The molecule has 0 bridgehead atoms. The second kappa shape index (κ2) is 7.65. The average molecular weight is 286 g/mol. The Labute approximate surface area is 120 Å². The van der Waals surface area contributed by atoms with Gasteiger partial charge >= 0.3 is 0 Å². The Morgan fingerprint density at radius 3 is 2.89 bits per heavy atom. The molecule has 0 unspecified atom stereocenters. The van der Waals surface area contributed by atoms with Crippen LogP contribution >= 0.6 is 12.4 Å². The van der Waals surface area contributed by atoms with Gasteiger partial charge in [0.2, 0.25) is 0 Å². The first-order valence-corrected chi connectivity index (χ1v) is 6.56. The number of pyridine rings is 1. The number of hydrogen-bond donors (Lipinski definition) is 4. The number of nitrogen functional groups attached to an aromatic ring is 1. The lowest BCUT2D eigenvalue weighted by atomic mass is 9.97. The van der Waals surface area contributed by atoms with Crippen molar-refractivity contribution in [3.8, 4) is 0 Å². The first-order valence-electron chi connectivity index (χ1n) is 6.56. The predicted octanol–water partition coefficient (Wildman–Crippen LogP) is 0.0728. The highest BCUT2D eigenvalue weighted by atomic mass is 35.5. The maximum Gasteiger partial charge on any atom is 0.123 e. The van der Waals surface area contributed by atoms with Crippen LogP contribution in [0.1, 0.15) is 11.3 Å². The van der Waals surface area contributed by atoms with Crippen molar-refractivity contribution in [3.05, 3.63) is 23.4 Å². The van der Waals surface area contributed by atoms with Gasteiger partial charge < -0.3 is 22.1 Å². The van der Waals surface area contributed by atoms with Gasteiger partial charge in [0, 0.05) is 31.4 Å². The summed E-state index contributed by atoms with van der Waals surface area (Å²) in [6.45, 7) is 5.63. The predicted molar refractivity (Wildman–Crippen MR) is 81.5 cm³/mol. The van der Waals surface area contributed by atoms with Crippen LogP contribution in [0.4, 0.5) is 5.82 Å². The van der Waals surface area contributed by atoms with E-state index in [-0.39, 0.29) is 12.4 Å². The van der Waals surface area contributed by atoms with Gasteiger partial charge in [-0.1, -0.05) is 0 Å². The smallest absolute Gasteiger partial charge is 0.123 e. The maximum atomic E-state index is 5.79. The minimum atomic E-state index is 0. The van der Waals surface area contributed by atoms with Gasteiger partial charge in [-0.2, -0.15) is 0 Å². The molecule has 0 saturated carbocycles. The molecule has 0 radical (unpaired) electrons. The summed E-state index contributed by atoms with van der Waals surface area (Å²) in [5, 5.41) is 6.90. The summed E-state index contributed by atoms with van der Waals surface area (Å²) >= 11 is 0. The Kier molecular flexibility index (Phi) is 6.51. The first kappa shape index (κ1) is 16.2. The first-order chi connectivity index (χ1) is 8.69. The highest BCUT2D eigenvalue weighted by molar-refractivity contribution is 5.85. The Morgan fingerprint density at radius 2 is 2.21 bits per heavy atom. The lowest BCUT2D eigenvalue weighted by Crippen LogP contribution is -2.39. The third kappa shape index (κ3) is 4.62. The third-order valence-electron chi connectivity index (χ3n) is 3.40. The average Bonchev–Trinajstić information content (AvgIpc) is 2.72. The fourth-order valence-corrected chi connectivity index (χ4v) is 2.60. The number of anilines is 1. The van der Waals surface area contributed by atoms with Crippen molar-refractivity contribution < 1.29 is 0 Å². The van der Waals surface area contributed by atoms with Crippen molar-refractivity contribution >= 4 is 18.2 Å². The van der Waals surface area contributed by atoms with E-state index >= 15 is 0 Å². The molecule has 0 spiro atoms. The standard InChI is InChI=1S/C13H23N5.ClH/c1-9-4-11(18-13(15)5-9)6-10-7-16-8-12(10)17-3-2-14;/h4-5,10,12,16-17H,2-3,6-8,14H2,1H3,(H2,15,18);1H/t10-,12-;/m0./s1. The zero-order valence-corrected chi connectivity index (χ0v) is 12.2. The van der Waals surface area contributed by atoms with Gasteiger partial charge in [0.25, 0.3) is 0 Å². The Bertz CT molecular complexity index is 378. The van der Waals surface area contributed by atoms with Crippen molar-refractivity contribution in [3.63, 3.8) is 0 Å². The van der Waals surface area contributed by atoms with Gasteiger partial charge in [0.1, 0.15) is 5.82 Å². The van der Waals surface area contributed by atoms with E-state index in [2.05, 4.69) is 28.6 Å². The second-order valence-electron chi connectivity index (χ2n) is 5.03. The molecule has 1 aromatic heterocycles. The molecule has 1 aliphatic rings. The normalized spacial score (nSPS) is 22.2. The lowest BCUT2D eigenvalue weighted by Gasteiger charge is -2.19. The van der Waals surface area contributed by atoms with E-state index in [1.165, 1.54) is 5.56 Å². The lowest BCUT2D eigenvalue weighted by molar-refractivity contribution is 0.426. The van der Waals surface area contributed by atoms with Crippen LogP contribution in [-0.2, 0) is 6.42 Å². The van der Waals surface area contributed by atoms with Gasteiger partial charge in [-0.05, 0) is 43.5 Å². The van der Waals surface area contributed by atoms with Crippen molar-refractivity contribution in [1.82, 2.24) is 15.6 Å². The molecule has 6 N–H and O–H groups in total. The van der Waals surface area contributed by atoms with Crippen LogP contribution in [-0.4, -0.2) is 37.2 Å². The SMILES string of the molecule is Cc1cc(N)nc(C[C@H]2CNC[C@@H]2NCCN)c1.Cl. The van der Waals surface area contributed by atoms with E-state index in [1.807, 2.05) is 6.07 Å². The van der Waals surface area contributed by atoms with Crippen LogP contribution in [0.2, 0.25) is 0 Å². The second-order valence-corrected chi connectivity index (χ2v) is 5.03. The van der Waals surface area contributed by atoms with Crippen molar-refractivity contribution in [1.29, 1.82) is 0 Å². The molecule has 6 heteroatoms. The third-order valence-corrected chi connectivity index (χ3v) is 3.40.